The Hall–Kier alpha value is -1.38. The van der Waals surface area contributed by atoms with Crippen molar-refractivity contribution in [2.75, 3.05) is 6.61 Å². The average molecular weight is 272 g/mol. The predicted octanol–water partition coefficient (Wildman–Crippen LogP) is 4.13. The van der Waals surface area contributed by atoms with Crippen LogP contribution in [-0.2, 0) is 16.1 Å². The molecule has 0 amide bonds. The molecule has 0 saturated heterocycles. The molecule has 1 aliphatic rings. The van der Waals surface area contributed by atoms with Crippen LogP contribution in [0.4, 0.5) is 0 Å². The molecule has 0 unspecified atom stereocenters. The molecule has 0 aliphatic carbocycles. The first-order valence-electron chi connectivity index (χ1n) is 7.27. The van der Waals surface area contributed by atoms with Crippen LogP contribution >= 0.6 is 0 Å². The maximum absolute atomic E-state index is 6.12. The third-order valence-electron chi connectivity index (χ3n) is 3.73. The van der Waals surface area contributed by atoms with E-state index < -0.39 is 0 Å². The molecule has 2 heteroatoms. The predicted molar refractivity (Wildman–Crippen MR) is 82.5 cm³/mol. The lowest BCUT2D eigenvalue weighted by Gasteiger charge is -2.33. The van der Waals surface area contributed by atoms with E-state index in [9.17, 15) is 0 Å². The summed E-state index contributed by atoms with van der Waals surface area (Å²) in [6.45, 7) is 9.39. The van der Waals surface area contributed by atoms with Gasteiger partial charge < -0.3 is 9.47 Å². The summed E-state index contributed by atoms with van der Waals surface area (Å²) < 4.78 is 11.9. The van der Waals surface area contributed by atoms with Gasteiger partial charge in [-0.3, -0.25) is 0 Å². The summed E-state index contributed by atoms with van der Waals surface area (Å²) >= 11 is 0. The van der Waals surface area contributed by atoms with Crippen molar-refractivity contribution in [1.82, 2.24) is 0 Å². The highest BCUT2D eigenvalue weighted by atomic mass is 16.5. The molecule has 1 heterocycles. The first-order chi connectivity index (χ1) is 9.70. The van der Waals surface area contributed by atoms with Crippen molar-refractivity contribution in [1.29, 1.82) is 0 Å². The van der Waals surface area contributed by atoms with Gasteiger partial charge in [0.25, 0.3) is 0 Å². The summed E-state index contributed by atoms with van der Waals surface area (Å²) in [6.07, 6.45) is 5.37. The molecule has 108 valence electrons. The van der Waals surface area contributed by atoms with Crippen LogP contribution in [0.5, 0.6) is 0 Å². The van der Waals surface area contributed by atoms with E-state index in [0.29, 0.717) is 19.1 Å². The van der Waals surface area contributed by atoms with E-state index in [4.69, 9.17) is 9.47 Å². The van der Waals surface area contributed by atoms with E-state index in [1.807, 2.05) is 24.3 Å². The SMILES string of the molecule is C=CC[C@H]1O[C@H](COCc2ccccc2)[C@@H](C)C=C1C. The molecule has 1 aliphatic heterocycles. The number of rotatable bonds is 6. The van der Waals surface area contributed by atoms with Gasteiger partial charge in [-0.05, 0) is 24.5 Å². The van der Waals surface area contributed by atoms with Gasteiger partial charge in [0.1, 0.15) is 0 Å². The monoisotopic (exact) mass is 272 g/mol. The maximum Gasteiger partial charge on any atom is 0.0876 e. The van der Waals surface area contributed by atoms with Gasteiger partial charge >= 0.3 is 0 Å². The van der Waals surface area contributed by atoms with Crippen molar-refractivity contribution < 1.29 is 9.47 Å². The Morgan fingerprint density at radius 3 is 2.75 bits per heavy atom. The molecule has 0 bridgehead atoms. The van der Waals surface area contributed by atoms with Crippen LogP contribution in [0.25, 0.3) is 0 Å². The van der Waals surface area contributed by atoms with E-state index in [1.54, 1.807) is 0 Å². The first-order valence-corrected chi connectivity index (χ1v) is 7.27. The van der Waals surface area contributed by atoms with Gasteiger partial charge in [0.2, 0.25) is 0 Å². The summed E-state index contributed by atoms with van der Waals surface area (Å²) in [5.74, 6) is 0.395. The fraction of sp³-hybridized carbons (Fsp3) is 0.444. The van der Waals surface area contributed by atoms with Gasteiger partial charge in [-0.1, -0.05) is 49.4 Å². The van der Waals surface area contributed by atoms with Crippen LogP contribution in [0.2, 0.25) is 0 Å². The van der Waals surface area contributed by atoms with Crippen molar-refractivity contribution >= 4 is 0 Å². The molecule has 2 rings (SSSR count). The maximum atomic E-state index is 6.12. The topological polar surface area (TPSA) is 18.5 Å². The summed E-state index contributed by atoms with van der Waals surface area (Å²) in [5, 5.41) is 0. The van der Waals surface area contributed by atoms with E-state index in [2.05, 4.69) is 38.6 Å². The average Bonchev–Trinajstić information content (AvgIpc) is 2.45. The Morgan fingerprint density at radius 1 is 1.30 bits per heavy atom. The molecule has 2 nitrogen and oxygen atoms in total. The number of hydrogen-bond acceptors (Lipinski definition) is 2. The lowest BCUT2D eigenvalue weighted by molar-refractivity contribution is -0.0718. The lowest BCUT2D eigenvalue weighted by atomic mass is 9.94. The fourth-order valence-corrected chi connectivity index (χ4v) is 2.52. The van der Waals surface area contributed by atoms with Crippen LogP contribution in [-0.4, -0.2) is 18.8 Å². The minimum Gasteiger partial charge on any atom is -0.374 e. The van der Waals surface area contributed by atoms with Crippen molar-refractivity contribution in [2.24, 2.45) is 5.92 Å². The number of benzene rings is 1. The molecule has 0 N–H and O–H groups in total. The second kappa shape index (κ2) is 7.41. The van der Waals surface area contributed by atoms with Crippen LogP contribution in [0, 0.1) is 5.92 Å². The zero-order valence-electron chi connectivity index (χ0n) is 12.4. The normalized spacial score (nSPS) is 26.1. The van der Waals surface area contributed by atoms with Gasteiger partial charge in [-0.25, -0.2) is 0 Å². The van der Waals surface area contributed by atoms with Gasteiger partial charge in [0.05, 0.1) is 25.4 Å². The minimum absolute atomic E-state index is 0.132. The lowest BCUT2D eigenvalue weighted by Crippen LogP contribution is -2.35. The van der Waals surface area contributed by atoms with Gasteiger partial charge in [0, 0.05) is 5.92 Å². The molecule has 0 fully saturated rings. The van der Waals surface area contributed by atoms with Crippen molar-refractivity contribution in [3.63, 3.8) is 0 Å². The molecule has 0 aromatic heterocycles. The highest BCUT2D eigenvalue weighted by Crippen LogP contribution is 2.26. The summed E-state index contributed by atoms with van der Waals surface area (Å²) in [5.41, 5.74) is 2.50. The standard InChI is InChI=1S/C18H24O2/c1-4-8-17-14(2)11-15(3)18(20-17)13-19-12-16-9-6-5-7-10-16/h4-7,9-11,15,17-18H,1,8,12-13H2,2-3H3/t15-,17+,18+/m0/s1. The van der Waals surface area contributed by atoms with Crippen LogP contribution in [0.3, 0.4) is 0 Å². The Bertz CT molecular complexity index is 450. The van der Waals surface area contributed by atoms with Gasteiger partial charge in [-0.2, -0.15) is 0 Å². The fourth-order valence-electron chi connectivity index (χ4n) is 2.52. The zero-order chi connectivity index (χ0) is 14.4. The zero-order valence-corrected chi connectivity index (χ0v) is 12.4. The molecule has 3 atom stereocenters. The summed E-state index contributed by atoms with van der Waals surface area (Å²) in [7, 11) is 0. The molecule has 0 saturated carbocycles. The largest absolute Gasteiger partial charge is 0.374 e. The van der Waals surface area contributed by atoms with Crippen LogP contribution in [0.15, 0.2) is 54.6 Å². The summed E-state index contributed by atoms with van der Waals surface area (Å²) in [6, 6.07) is 10.2. The third kappa shape index (κ3) is 4.06. The molecule has 0 spiro atoms. The van der Waals surface area contributed by atoms with E-state index in [1.165, 1.54) is 11.1 Å². The van der Waals surface area contributed by atoms with Crippen molar-refractivity contribution in [2.45, 2.75) is 39.1 Å². The second-order valence-corrected chi connectivity index (χ2v) is 5.46. The van der Waals surface area contributed by atoms with Crippen molar-refractivity contribution in [3.8, 4) is 0 Å². The van der Waals surface area contributed by atoms with Crippen molar-refractivity contribution in [3.05, 3.63) is 60.2 Å². The molecular formula is C18H24O2. The second-order valence-electron chi connectivity index (χ2n) is 5.46. The van der Waals surface area contributed by atoms with E-state index in [-0.39, 0.29) is 12.2 Å². The Kier molecular flexibility index (Phi) is 5.57. The Labute approximate surface area is 122 Å². The van der Waals surface area contributed by atoms with Gasteiger partial charge in [0.15, 0.2) is 0 Å². The molecule has 1 aromatic carbocycles. The number of hydrogen-bond donors (Lipinski definition) is 0. The van der Waals surface area contributed by atoms with E-state index >= 15 is 0 Å². The first kappa shape index (κ1) is 15.0. The van der Waals surface area contributed by atoms with Crippen LogP contribution < -0.4 is 0 Å². The third-order valence-corrected chi connectivity index (χ3v) is 3.73. The molecular weight excluding hydrogens is 248 g/mol. The molecule has 0 radical (unpaired) electrons. The van der Waals surface area contributed by atoms with Crippen LogP contribution in [0.1, 0.15) is 25.8 Å². The Morgan fingerprint density at radius 2 is 2.05 bits per heavy atom. The Balaban J connectivity index is 1.85. The number of ether oxygens (including phenoxy) is 2. The molecule has 20 heavy (non-hydrogen) atoms. The van der Waals surface area contributed by atoms with Gasteiger partial charge in [-0.15, -0.1) is 6.58 Å². The highest BCUT2D eigenvalue weighted by molar-refractivity contribution is 5.14. The molecule has 1 aromatic rings. The summed E-state index contributed by atoms with van der Waals surface area (Å²) in [4.78, 5) is 0. The van der Waals surface area contributed by atoms with E-state index in [0.717, 1.165) is 6.42 Å². The highest BCUT2D eigenvalue weighted by Gasteiger charge is 2.26. The minimum atomic E-state index is 0.132. The smallest absolute Gasteiger partial charge is 0.0876 e. The quantitative estimate of drug-likeness (QED) is 0.725.